The van der Waals surface area contributed by atoms with Crippen LogP contribution in [0.4, 0.5) is 5.69 Å². The van der Waals surface area contributed by atoms with Gasteiger partial charge in [-0.15, -0.1) is 0 Å². The zero-order valence-corrected chi connectivity index (χ0v) is 12.9. The van der Waals surface area contributed by atoms with E-state index >= 15 is 0 Å². The number of carbonyl (C=O) groups excluding carboxylic acids is 1. The highest BCUT2D eigenvalue weighted by Crippen LogP contribution is 2.26. The Morgan fingerprint density at radius 3 is 2.50 bits per heavy atom. The quantitative estimate of drug-likeness (QED) is 0.926. The average Bonchev–Trinajstić information content (AvgIpc) is 2.49. The molecule has 2 rings (SSSR count). The molecule has 1 amide bonds. The molecule has 0 aromatic heterocycles. The average molecular weight is 294 g/mol. The Morgan fingerprint density at radius 1 is 1.30 bits per heavy atom. The molecular formula is C15H22N2O2S. The van der Waals surface area contributed by atoms with E-state index < -0.39 is 0 Å². The summed E-state index contributed by atoms with van der Waals surface area (Å²) >= 11 is 1.86. The number of thioether (sulfide) groups is 1. The maximum absolute atomic E-state index is 12.4. The number of hydrogen-bond donors (Lipinski definition) is 1. The van der Waals surface area contributed by atoms with Crippen LogP contribution in [-0.2, 0) is 0 Å². The SMILES string of the molecule is CCN(CC)c1ccc(C(=O)N2CCSCC2)c(O)c1. The molecule has 1 aliphatic heterocycles. The normalized spacial score (nSPS) is 15.2. The number of anilines is 1. The van der Waals surface area contributed by atoms with E-state index in [0.717, 1.165) is 43.4 Å². The van der Waals surface area contributed by atoms with Gasteiger partial charge in [-0.1, -0.05) is 0 Å². The van der Waals surface area contributed by atoms with E-state index in [4.69, 9.17) is 0 Å². The Balaban J connectivity index is 2.18. The number of amides is 1. The summed E-state index contributed by atoms with van der Waals surface area (Å²) in [7, 11) is 0. The maximum atomic E-state index is 12.4. The lowest BCUT2D eigenvalue weighted by atomic mass is 10.1. The van der Waals surface area contributed by atoms with E-state index in [2.05, 4.69) is 18.7 Å². The van der Waals surface area contributed by atoms with E-state index in [-0.39, 0.29) is 11.7 Å². The van der Waals surface area contributed by atoms with Crippen molar-refractivity contribution < 1.29 is 9.90 Å². The second-order valence-corrected chi connectivity index (χ2v) is 6.00. The van der Waals surface area contributed by atoms with Crippen LogP contribution in [0.1, 0.15) is 24.2 Å². The smallest absolute Gasteiger partial charge is 0.257 e. The van der Waals surface area contributed by atoms with E-state index in [1.165, 1.54) is 0 Å². The van der Waals surface area contributed by atoms with Crippen LogP contribution in [0.15, 0.2) is 18.2 Å². The number of phenolic OH excluding ortho intramolecular Hbond substituents is 1. The molecule has 1 saturated heterocycles. The Bertz CT molecular complexity index is 469. The number of hydrogen-bond acceptors (Lipinski definition) is 4. The van der Waals surface area contributed by atoms with Gasteiger partial charge in [0.05, 0.1) is 5.56 Å². The predicted octanol–water partition coefficient (Wildman–Crippen LogP) is 2.43. The topological polar surface area (TPSA) is 43.8 Å². The van der Waals surface area contributed by atoms with E-state index in [1.54, 1.807) is 12.1 Å². The third-order valence-electron chi connectivity index (χ3n) is 3.64. The summed E-state index contributed by atoms with van der Waals surface area (Å²) in [6.07, 6.45) is 0. The molecule has 0 aliphatic carbocycles. The monoisotopic (exact) mass is 294 g/mol. The van der Waals surface area contributed by atoms with Gasteiger partial charge < -0.3 is 14.9 Å². The van der Waals surface area contributed by atoms with Gasteiger partial charge in [-0.25, -0.2) is 0 Å². The van der Waals surface area contributed by atoms with Gasteiger partial charge in [-0.2, -0.15) is 11.8 Å². The van der Waals surface area contributed by atoms with Crippen molar-refractivity contribution >= 4 is 23.4 Å². The fourth-order valence-corrected chi connectivity index (χ4v) is 3.33. The molecule has 1 heterocycles. The van der Waals surface area contributed by atoms with Gasteiger partial charge in [0, 0.05) is 49.4 Å². The van der Waals surface area contributed by atoms with Crippen molar-refractivity contribution in [1.82, 2.24) is 4.90 Å². The van der Waals surface area contributed by atoms with Gasteiger partial charge in [0.25, 0.3) is 5.91 Å². The second-order valence-electron chi connectivity index (χ2n) is 4.78. The van der Waals surface area contributed by atoms with Crippen LogP contribution in [-0.4, -0.2) is 53.6 Å². The van der Waals surface area contributed by atoms with Gasteiger partial charge >= 0.3 is 0 Å². The fourth-order valence-electron chi connectivity index (χ4n) is 2.42. The van der Waals surface area contributed by atoms with Crippen LogP contribution in [0, 0.1) is 0 Å². The van der Waals surface area contributed by atoms with Gasteiger partial charge in [0.15, 0.2) is 0 Å². The van der Waals surface area contributed by atoms with E-state index in [1.807, 2.05) is 22.7 Å². The summed E-state index contributed by atoms with van der Waals surface area (Å²) < 4.78 is 0. The molecule has 1 aliphatic rings. The maximum Gasteiger partial charge on any atom is 0.257 e. The third-order valence-corrected chi connectivity index (χ3v) is 4.58. The number of rotatable bonds is 4. The van der Waals surface area contributed by atoms with Crippen LogP contribution >= 0.6 is 11.8 Å². The summed E-state index contributed by atoms with van der Waals surface area (Å²) in [5, 5.41) is 10.2. The summed E-state index contributed by atoms with van der Waals surface area (Å²) in [5.41, 5.74) is 1.37. The van der Waals surface area contributed by atoms with Gasteiger partial charge in [-0.3, -0.25) is 4.79 Å². The van der Waals surface area contributed by atoms with Gasteiger partial charge in [0.2, 0.25) is 0 Å². The van der Waals surface area contributed by atoms with Crippen LogP contribution in [0.3, 0.4) is 0 Å². The highest BCUT2D eigenvalue weighted by atomic mass is 32.2. The molecule has 0 radical (unpaired) electrons. The molecule has 0 saturated carbocycles. The number of benzene rings is 1. The predicted molar refractivity (Wildman–Crippen MR) is 84.9 cm³/mol. The Hall–Kier alpha value is -1.36. The van der Waals surface area contributed by atoms with Crippen molar-refractivity contribution in [3.8, 4) is 5.75 Å². The minimum Gasteiger partial charge on any atom is -0.507 e. The third kappa shape index (κ3) is 3.20. The Labute approximate surface area is 124 Å². The van der Waals surface area contributed by atoms with Gasteiger partial charge in [0.1, 0.15) is 5.75 Å². The van der Waals surface area contributed by atoms with Crippen molar-refractivity contribution in [2.24, 2.45) is 0 Å². The summed E-state index contributed by atoms with van der Waals surface area (Å²) in [6.45, 7) is 7.44. The highest BCUT2D eigenvalue weighted by Gasteiger charge is 2.21. The molecule has 0 atom stereocenters. The van der Waals surface area contributed by atoms with E-state index in [9.17, 15) is 9.90 Å². The molecule has 20 heavy (non-hydrogen) atoms. The van der Waals surface area contributed by atoms with Gasteiger partial charge in [-0.05, 0) is 26.0 Å². The summed E-state index contributed by atoms with van der Waals surface area (Å²) in [5.74, 6) is 1.97. The lowest BCUT2D eigenvalue weighted by Gasteiger charge is -2.27. The molecule has 0 spiro atoms. The van der Waals surface area contributed by atoms with Crippen LogP contribution < -0.4 is 4.90 Å². The first-order valence-corrected chi connectivity index (χ1v) is 8.27. The molecule has 4 nitrogen and oxygen atoms in total. The lowest BCUT2D eigenvalue weighted by molar-refractivity contribution is 0.0769. The summed E-state index contributed by atoms with van der Waals surface area (Å²) in [4.78, 5) is 16.4. The first-order valence-electron chi connectivity index (χ1n) is 7.12. The van der Waals surface area contributed by atoms with Crippen LogP contribution in [0.5, 0.6) is 5.75 Å². The zero-order chi connectivity index (χ0) is 14.5. The standard InChI is InChI=1S/C15H22N2O2S/c1-3-16(4-2)12-5-6-13(14(18)11-12)15(19)17-7-9-20-10-8-17/h5-6,11,18H,3-4,7-10H2,1-2H3. The second kappa shape index (κ2) is 6.88. The lowest BCUT2D eigenvalue weighted by Crippen LogP contribution is -2.37. The van der Waals surface area contributed by atoms with Crippen molar-refractivity contribution in [3.63, 3.8) is 0 Å². The Morgan fingerprint density at radius 2 is 1.95 bits per heavy atom. The minimum absolute atomic E-state index is 0.0612. The molecule has 110 valence electrons. The molecule has 5 heteroatoms. The number of nitrogens with zero attached hydrogens (tertiary/aromatic N) is 2. The largest absolute Gasteiger partial charge is 0.507 e. The van der Waals surface area contributed by atoms with Crippen LogP contribution in [0.2, 0.25) is 0 Å². The molecule has 1 N–H and O–H groups in total. The molecule has 0 unspecified atom stereocenters. The molecule has 1 aromatic rings. The Kier molecular flexibility index (Phi) is 5.17. The number of carbonyl (C=O) groups is 1. The highest BCUT2D eigenvalue weighted by molar-refractivity contribution is 7.99. The zero-order valence-electron chi connectivity index (χ0n) is 12.1. The number of aromatic hydroxyl groups is 1. The van der Waals surface area contributed by atoms with Crippen molar-refractivity contribution in [2.45, 2.75) is 13.8 Å². The fraction of sp³-hybridized carbons (Fsp3) is 0.533. The number of phenols is 1. The molecule has 1 fully saturated rings. The first kappa shape index (κ1) is 15.0. The van der Waals surface area contributed by atoms with Crippen LogP contribution in [0.25, 0.3) is 0 Å². The van der Waals surface area contributed by atoms with Crippen molar-refractivity contribution in [2.75, 3.05) is 42.6 Å². The molecular weight excluding hydrogens is 272 g/mol. The molecule has 0 bridgehead atoms. The van der Waals surface area contributed by atoms with Crippen molar-refractivity contribution in [3.05, 3.63) is 23.8 Å². The first-order chi connectivity index (χ1) is 9.67. The molecule has 1 aromatic carbocycles. The van der Waals surface area contributed by atoms with Crippen molar-refractivity contribution in [1.29, 1.82) is 0 Å². The summed E-state index contributed by atoms with van der Waals surface area (Å²) in [6, 6.07) is 5.35. The minimum atomic E-state index is -0.0612. The van der Waals surface area contributed by atoms with E-state index in [0.29, 0.717) is 5.56 Å².